The van der Waals surface area contributed by atoms with Crippen LogP contribution < -0.4 is 9.46 Å². The molecule has 1 aliphatic heterocycles. The summed E-state index contributed by atoms with van der Waals surface area (Å²) in [7, 11) is 1.98. The molecule has 2 aromatic heterocycles. The maximum Gasteiger partial charge on any atom is 0.240 e. The molecule has 1 saturated heterocycles. The minimum atomic E-state index is -4.02. The Kier molecular flexibility index (Phi) is 9.35. The Morgan fingerprint density at radius 1 is 1.14 bits per heavy atom. The van der Waals surface area contributed by atoms with E-state index in [1.807, 2.05) is 6.92 Å². The third-order valence-corrected chi connectivity index (χ3v) is 7.62. The van der Waals surface area contributed by atoms with Crippen molar-refractivity contribution in [2.45, 2.75) is 62.9 Å². The van der Waals surface area contributed by atoms with E-state index in [0.29, 0.717) is 30.4 Å². The van der Waals surface area contributed by atoms with Crippen molar-refractivity contribution in [1.82, 2.24) is 24.7 Å². The molecule has 1 fully saturated rings. The monoisotopic (exact) mass is 514 g/mol. The van der Waals surface area contributed by atoms with Crippen molar-refractivity contribution in [2.24, 2.45) is 0 Å². The Morgan fingerprint density at radius 2 is 1.91 bits per heavy atom. The van der Waals surface area contributed by atoms with E-state index in [4.69, 9.17) is 23.7 Å². The zero-order chi connectivity index (χ0) is 25.6. The van der Waals surface area contributed by atoms with Crippen LogP contribution in [0.3, 0.4) is 0 Å². The summed E-state index contributed by atoms with van der Waals surface area (Å²) in [5, 5.41) is 7.37. The molecule has 3 heterocycles. The molecule has 1 unspecified atom stereocenters. The van der Waals surface area contributed by atoms with Crippen molar-refractivity contribution < 1.29 is 32.1 Å². The molecule has 0 amide bonds. The van der Waals surface area contributed by atoms with Gasteiger partial charge in [0.1, 0.15) is 23.7 Å². The highest BCUT2D eigenvalue weighted by molar-refractivity contribution is 7.93. The molecule has 0 spiro atoms. The van der Waals surface area contributed by atoms with Gasteiger partial charge < -0.3 is 23.7 Å². The molecular weight excluding hydrogens is 480 g/mol. The lowest BCUT2D eigenvalue weighted by Gasteiger charge is -2.25. The molecule has 13 nitrogen and oxygen atoms in total. The number of nitrogens with zero attached hydrogens (tertiary/aromatic N) is 5. The van der Waals surface area contributed by atoms with E-state index in [1.54, 1.807) is 11.7 Å². The third-order valence-electron chi connectivity index (χ3n) is 5.92. The van der Waals surface area contributed by atoms with E-state index in [9.17, 15) is 8.42 Å². The van der Waals surface area contributed by atoms with E-state index < -0.39 is 27.6 Å². The van der Waals surface area contributed by atoms with Gasteiger partial charge in [-0.05, 0) is 26.7 Å². The highest BCUT2D eigenvalue weighted by atomic mass is 32.2. The van der Waals surface area contributed by atoms with Gasteiger partial charge in [-0.15, -0.1) is 10.2 Å². The first-order valence-electron chi connectivity index (χ1n) is 11.3. The van der Waals surface area contributed by atoms with Crippen LogP contribution in [0.4, 0.5) is 5.95 Å². The molecule has 0 aromatic carbocycles. The second-order valence-corrected chi connectivity index (χ2v) is 10.3. The van der Waals surface area contributed by atoms with Crippen LogP contribution in [0.1, 0.15) is 63.1 Å². The number of nitrogens with one attached hydrogen (secondary N) is 1. The first-order valence-corrected chi connectivity index (χ1v) is 12.8. The van der Waals surface area contributed by atoms with Crippen molar-refractivity contribution in [2.75, 3.05) is 39.8 Å². The van der Waals surface area contributed by atoms with Crippen molar-refractivity contribution in [1.29, 1.82) is 0 Å². The second kappa shape index (κ2) is 12.0. The lowest BCUT2D eigenvalue weighted by Crippen LogP contribution is -2.33. The molecule has 5 atom stereocenters. The topological polar surface area (TPSA) is 149 Å². The van der Waals surface area contributed by atoms with Crippen molar-refractivity contribution in [3.05, 3.63) is 23.9 Å². The molecule has 0 bridgehead atoms. The number of hydrogen-bond donors (Lipinski definition) is 1. The summed E-state index contributed by atoms with van der Waals surface area (Å²) in [6, 6.07) is 0. The van der Waals surface area contributed by atoms with Crippen LogP contribution in [0.15, 0.2) is 12.4 Å². The van der Waals surface area contributed by atoms with Gasteiger partial charge in [0.05, 0.1) is 37.9 Å². The van der Waals surface area contributed by atoms with Gasteiger partial charge in [0.15, 0.2) is 5.82 Å². The molecule has 1 aliphatic rings. The van der Waals surface area contributed by atoms with Crippen LogP contribution >= 0.6 is 0 Å². The van der Waals surface area contributed by atoms with Gasteiger partial charge in [-0.25, -0.2) is 13.4 Å². The van der Waals surface area contributed by atoms with E-state index in [-0.39, 0.29) is 18.2 Å². The Labute approximate surface area is 205 Å². The SMILES string of the molecule is COCCC(OC)n1c(NS(=O)(=O)[C@@H](C)[C@H](OC)c2cnc(OC)cn2)nnc1[C@H]1CC[C@@H](C)O1. The Morgan fingerprint density at radius 3 is 2.46 bits per heavy atom. The van der Waals surface area contributed by atoms with Crippen LogP contribution in [-0.4, -0.2) is 79.6 Å². The summed E-state index contributed by atoms with van der Waals surface area (Å²) in [5.74, 6) is 0.823. The van der Waals surface area contributed by atoms with Crippen molar-refractivity contribution in [3.63, 3.8) is 0 Å². The van der Waals surface area contributed by atoms with Gasteiger partial charge in [-0.1, -0.05) is 0 Å². The van der Waals surface area contributed by atoms with Crippen molar-refractivity contribution >= 4 is 16.0 Å². The van der Waals surface area contributed by atoms with Gasteiger partial charge in [0, 0.05) is 27.8 Å². The molecule has 14 heteroatoms. The molecular formula is C21H34N6O7S. The van der Waals surface area contributed by atoms with Crippen LogP contribution in [0.25, 0.3) is 0 Å². The quantitative estimate of drug-likeness (QED) is 0.418. The maximum atomic E-state index is 13.4. The van der Waals surface area contributed by atoms with Gasteiger partial charge in [-0.2, -0.15) is 0 Å². The average Bonchev–Trinajstić information content (AvgIpc) is 3.46. The van der Waals surface area contributed by atoms with Gasteiger partial charge in [-0.3, -0.25) is 14.3 Å². The number of hydrogen-bond acceptors (Lipinski definition) is 11. The summed E-state index contributed by atoms with van der Waals surface area (Å²) < 4.78 is 58.4. The van der Waals surface area contributed by atoms with E-state index >= 15 is 0 Å². The zero-order valence-electron chi connectivity index (χ0n) is 20.9. The standard InChI is InChI=1S/C21H34N6O7S/c1-13-7-8-16(34-13)20-24-25-21(27(20)18(32-5)9-10-30-3)26-35(28,29)14(2)19(33-6)15-11-23-17(31-4)12-22-15/h11-14,16,18-19H,7-10H2,1-6H3,(H,25,26)/t13-,14+,16-,18?,19+/m1/s1. The fourth-order valence-electron chi connectivity index (χ4n) is 3.95. The highest BCUT2D eigenvalue weighted by Gasteiger charge is 2.36. The lowest BCUT2D eigenvalue weighted by atomic mass is 10.2. The highest BCUT2D eigenvalue weighted by Crippen LogP contribution is 2.35. The number of anilines is 1. The molecule has 0 saturated carbocycles. The summed E-state index contributed by atoms with van der Waals surface area (Å²) in [5.41, 5.74) is 0.344. The van der Waals surface area contributed by atoms with E-state index in [1.165, 1.54) is 40.6 Å². The van der Waals surface area contributed by atoms with Gasteiger partial charge in [0.25, 0.3) is 0 Å². The Balaban J connectivity index is 1.92. The molecule has 0 radical (unpaired) electrons. The average molecular weight is 515 g/mol. The van der Waals surface area contributed by atoms with Crippen LogP contribution in [0, 0.1) is 0 Å². The predicted molar refractivity (Wildman–Crippen MR) is 125 cm³/mol. The minimum absolute atomic E-state index is 0.0219. The Hall–Kier alpha value is -2.39. The van der Waals surface area contributed by atoms with Crippen molar-refractivity contribution in [3.8, 4) is 5.88 Å². The molecule has 196 valence electrons. The Bertz CT molecular complexity index is 1050. The largest absolute Gasteiger partial charge is 0.480 e. The first kappa shape index (κ1) is 27.2. The molecule has 0 aliphatic carbocycles. The predicted octanol–water partition coefficient (Wildman–Crippen LogP) is 2.02. The molecule has 2 aromatic rings. The smallest absolute Gasteiger partial charge is 0.240 e. The van der Waals surface area contributed by atoms with E-state index in [2.05, 4.69) is 24.9 Å². The second-order valence-electron chi connectivity index (χ2n) is 8.23. The van der Waals surface area contributed by atoms with Crippen LogP contribution in [-0.2, 0) is 29.0 Å². The first-order chi connectivity index (χ1) is 16.7. The third kappa shape index (κ3) is 6.25. The molecule has 1 N–H and O–H groups in total. The number of ether oxygens (including phenoxy) is 5. The van der Waals surface area contributed by atoms with Gasteiger partial charge in [0.2, 0.25) is 21.9 Å². The minimum Gasteiger partial charge on any atom is -0.480 e. The number of methoxy groups -OCH3 is 4. The number of rotatable bonds is 13. The van der Waals surface area contributed by atoms with E-state index in [0.717, 1.165) is 12.8 Å². The zero-order valence-corrected chi connectivity index (χ0v) is 21.7. The molecule has 35 heavy (non-hydrogen) atoms. The summed E-state index contributed by atoms with van der Waals surface area (Å²) in [6.07, 6.45) is 3.16. The van der Waals surface area contributed by atoms with Crippen LogP contribution in [0.2, 0.25) is 0 Å². The maximum absolute atomic E-state index is 13.4. The van der Waals surface area contributed by atoms with Gasteiger partial charge >= 0.3 is 0 Å². The fourth-order valence-corrected chi connectivity index (χ4v) is 5.11. The fraction of sp³-hybridized carbons (Fsp3) is 0.714. The normalized spacial score (nSPS) is 21.0. The number of aromatic nitrogens is 5. The lowest BCUT2D eigenvalue weighted by molar-refractivity contribution is 0.00193. The number of sulfonamides is 1. The summed E-state index contributed by atoms with van der Waals surface area (Å²) in [4.78, 5) is 8.33. The summed E-state index contributed by atoms with van der Waals surface area (Å²) >= 11 is 0. The van der Waals surface area contributed by atoms with Crippen LogP contribution in [0.5, 0.6) is 5.88 Å². The molecule has 3 rings (SSSR count). The summed E-state index contributed by atoms with van der Waals surface area (Å²) in [6.45, 7) is 3.89.